The number of aliphatic hydroxyl groups is 1. The van der Waals surface area contributed by atoms with Crippen LogP contribution in [-0.2, 0) is 9.47 Å². The molecule has 0 bridgehead atoms. The molecular formula is C27H56O3S. The molecule has 0 saturated heterocycles. The van der Waals surface area contributed by atoms with Crippen molar-refractivity contribution >= 4 is 11.8 Å². The van der Waals surface area contributed by atoms with Crippen LogP contribution in [0.15, 0.2) is 0 Å². The van der Waals surface area contributed by atoms with Gasteiger partial charge < -0.3 is 14.6 Å². The Morgan fingerprint density at radius 3 is 1.71 bits per heavy atom. The predicted octanol–water partition coefficient (Wildman–Crippen LogP) is 7.60. The van der Waals surface area contributed by atoms with Crippen LogP contribution in [-0.4, -0.2) is 49.1 Å². The van der Waals surface area contributed by atoms with Crippen LogP contribution >= 0.6 is 11.8 Å². The van der Waals surface area contributed by atoms with Gasteiger partial charge in [0, 0.05) is 24.7 Å². The Labute approximate surface area is 199 Å². The van der Waals surface area contributed by atoms with Gasteiger partial charge in [0.05, 0.1) is 19.3 Å². The van der Waals surface area contributed by atoms with Crippen molar-refractivity contribution in [1.82, 2.24) is 0 Å². The lowest BCUT2D eigenvalue weighted by atomic mass is 9.91. The van der Waals surface area contributed by atoms with Crippen molar-refractivity contribution in [2.24, 2.45) is 23.7 Å². The second kappa shape index (κ2) is 22.0. The summed E-state index contributed by atoms with van der Waals surface area (Å²) in [5.41, 5.74) is 0. The zero-order valence-corrected chi connectivity index (χ0v) is 22.7. The summed E-state index contributed by atoms with van der Waals surface area (Å²) in [6.07, 6.45) is 13.2. The fourth-order valence-corrected chi connectivity index (χ4v) is 4.74. The van der Waals surface area contributed by atoms with Crippen LogP contribution in [0.5, 0.6) is 0 Å². The van der Waals surface area contributed by atoms with Gasteiger partial charge >= 0.3 is 0 Å². The Morgan fingerprint density at radius 2 is 1.19 bits per heavy atom. The zero-order chi connectivity index (χ0) is 23.3. The summed E-state index contributed by atoms with van der Waals surface area (Å²) >= 11 is 1.74. The molecule has 0 aromatic carbocycles. The lowest BCUT2D eigenvalue weighted by Gasteiger charge is -2.17. The molecule has 0 rings (SSSR count). The maximum absolute atomic E-state index is 9.96. The quantitative estimate of drug-likeness (QED) is 0.159. The Morgan fingerprint density at radius 1 is 0.677 bits per heavy atom. The van der Waals surface area contributed by atoms with E-state index >= 15 is 0 Å². The van der Waals surface area contributed by atoms with Crippen LogP contribution in [0.1, 0.15) is 106 Å². The van der Waals surface area contributed by atoms with Crippen molar-refractivity contribution in [3.8, 4) is 0 Å². The minimum atomic E-state index is -0.360. The van der Waals surface area contributed by atoms with E-state index < -0.39 is 0 Å². The molecule has 31 heavy (non-hydrogen) atoms. The molecule has 0 aliphatic carbocycles. The van der Waals surface area contributed by atoms with Gasteiger partial charge in [0.2, 0.25) is 0 Å². The van der Waals surface area contributed by atoms with Crippen LogP contribution in [0.25, 0.3) is 0 Å². The minimum Gasteiger partial charge on any atom is -0.390 e. The average molecular weight is 461 g/mol. The van der Waals surface area contributed by atoms with E-state index in [-0.39, 0.29) is 6.10 Å². The minimum absolute atomic E-state index is 0.360. The van der Waals surface area contributed by atoms with Gasteiger partial charge in [0.25, 0.3) is 0 Å². The van der Waals surface area contributed by atoms with Gasteiger partial charge in [-0.05, 0) is 37.0 Å². The molecule has 0 radical (unpaired) electrons. The molecule has 0 saturated carbocycles. The van der Waals surface area contributed by atoms with E-state index in [0.717, 1.165) is 55.5 Å². The third-order valence-corrected chi connectivity index (χ3v) is 7.29. The Bertz CT molecular complexity index is 364. The molecule has 4 atom stereocenters. The molecule has 1 N–H and O–H groups in total. The average Bonchev–Trinajstić information content (AvgIpc) is 2.70. The van der Waals surface area contributed by atoms with Crippen molar-refractivity contribution in [3.05, 3.63) is 0 Å². The molecular weight excluding hydrogens is 404 g/mol. The lowest BCUT2D eigenvalue weighted by Crippen LogP contribution is -2.19. The molecule has 0 aliphatic heterocycles. The number of ether oxygens (including phenoxy) is 2. The van der Waals surface area contributed by atoms with Gasteiger partial charge in [-0.3, -0.25) is 0 Å². The molecule has 4 heteroatoms. The summed E-state index contributed by atoms with van der Waals surface area (Å²) in [5.74, 6) is 5.01. The summed E-state index contributed by atoms with van der Waals surface area (Å²) in [4.78, 5) is 0. The molecule has 188 valence electrons. The van der Waals surface area contributed by atoms with E-state index in [9.17, 15) is 5.11 Å². The van der Waals surface area contributed by atoms with Crippen molar-refractivity contribution < 1.29 is 14.6 Å². The largest absolute Gasteiger partial charge is 0.390 e. The first-order chi connectivity index (χ1) is 14.8. The number of rotatable bonds is 23. The second-order valence-corrected chi connectivity index (χ2v) is 11.4. The van der Waals surface area contributed by atoms with E-state index in [1.54, 1.807) is 11.8 Å². The van der Waals surface area contributed by atoms with Crippen molar-refractivity contribution in [2.45, 2.75) is 112 Å². The standard InChI is InChI=1S/C27H56O3S/c1-7-29-19-20-31-22-27(28)21-30-18-17-26(6)16-10-15-25(5)14-9-13-24(4)12-8-11-23(2)3/h23-28H,7-22H2,1-6H3. The Kier molecular flexibility index (Phi) is 22.2. The fraction of sp³-hybridized carbons (Fsp3) is 1.00. The number of thioether (sulfide) groups is 1. The molecule has 0 aromatic heterocycles. The normalized spacial score (nSPS) is 15.9. The van der Waals surface area contributed by atoms with Crippen molar-refractivity contribution in [2.75, 3.05) is 37.9 Å². The van der Waals surface area contributed by atoms with Gasteiger partial charge in [0.15, 0.2) is 0 Å². The van der Waals surface area contributed by atoms with Crippen LogP contribution < -0.4 is 0 Å². The summed E-state index contributed by atoms with van der Waals surface area (Å²) in [6.45, 7) is 16.6. The highest BCUT2D eigenvalue weighted by molar-refractivity contribution is 7.99. The Balaban J connectivity index is 3.52. The van der Waals surface area contributed by atoms with E-state index in [4.69, 9.17) is 9.47 Å². The highest BCUT2D eigenvalue weighted by Gasteiger charge is 2.09. The third kappa shape index (κ3) is 23.2. The first-order valence-electron chi connectivity index (χ1n) is 13.3. The molecule has 0 heterocycles. The van der Waals surface area contributed by atoms with Crippen LogP contribution in [0.4, 0.5) is 0 Å². The summed E-state index contributed by atoms with van der Waals surface area (Å²) < 4.78 is 11.0. The van der Waals surface area contributed by atoms with Gasteiger partial charge in [-0.1, -0.05) is 92.4 Å². The van der Waals surface area contributed by atoms with Gasteiger partial charge in [0.1, 0.15) is 0 Å². The first kappa shape index (κ1) is 31.2. The summed E-state index contributed by atoms with van der Waals surface area (Å²) in [7, 11) is 0. The van der Waals surface area contributed by atoms with E-state index in [1.807, 2.05) is 6.92 Å². The van der Waals surface area contributed by atoms with E-state index in [1.165, 1.54) is 57.8 Å². The SMILES string of the molecule is CCOCCSCC(O)COCCC(C)CCCC(C)CCCC(C)CCCC(C)C. The highest BCUT2D eigenvalue weighted by Crippen LogP contribution is 2.22. The van der Waals surface area contributed by atoms with Crippen LogP contribution in [0.3, 0.4) is 0 Å². The molecule has 0 amide bonds. The second-order valence-electron chi connectivity index (χ2n) is 10.3. The zero-order valence-electron chi connectivity index (χ0n) is 21.9. The summed E-state index contributed by atoms with van der Waals surface area (Å²) in [5, 5.41) is 9.96. The third-order valence-electron chi connectivity index (χ3n) is 6.22. The predicted molar refractivity (Wildman–Crippen MR) is 139 cm³/mol. The van der Waals surface area contributed by atoms with Crippen LogP contribution in [0, 0.1) is 23.7 Å². The van der Waals surface area contributed by atoms with Gasteiger partial charge in [-0.2, -0.15) is 11.8 Å². The maximum Gasteiger partial charge on any atom is 0.0863 e. The number of hydrogen-bond donors (Lipinski definition) is 1. The molecule has 3 nitrogen and oxygen atoms in total. The van der Waals surface area contributed by atoms with E-state index in [2.05, 4.69) is 34.6 Å². The fourth-order valence-electron chi connectivity index (χ4n) is 3.97. The molecule has 4 unspecified atom stereocenters. The number of aliphatic hydroxyl groups excluding tert-OH is 1. The Hall–Kier alpha value is 0.230. The van der Waals surface area contributed by atoms with Gasteiger partial charge in [-0.25, -0.2) is 0 Å². The summed E-state index contributed by atoms with van der Waals surface area (Å²) in [6, 6.07) is 0. The number of hydrogen-bond acceptors (Lipinski definition) is 4. The monoisotopic (exact) mass is 460 g/mol. The molecule has 0 aromatic rings. The van der Waals surface area contributed by atoms with Gasteiger partial charge in [-0.15, -0.1) is 0 Å². The molecule has 0 fully saturated rings. The maximum atomic E-state index is 9.96. The lowest BCUT2D eigenvalue weighted by molar-refractivity contribution is 0.0427. The molecule has 0 aliphatic rings. The smallest absolute Gasteiger partial charge is 0.0863 e. The highest BCUT2D eigenvalue weighted by atomic mass is 32.2. The van der Waals surface area contributed by atoms with E-state index in [0.29, 0.717) is 12.5 Å². The van der Waals surface area contributed by atoms with Crippen molar-refractivity contribution in [1.29, 1.82) is 0 Å². The van der Waals surface area contributed by atoms with Crippen LogP contribution in [0.2, 0.25) is 0 Å². The topological polar surface area (TPSA) is 38.7 Å². The van der Waals surface area contributed by atoms with Crippen molar-refractivity contribution in [3.63, 3.8) is 0 Å². The molecule has 0 spiro atoms. The first-order valence-corrected chi connectivity index (χ1v) is 14.4.